The van der Waals surface area contributed by atoms with Crippen molar-refractivity contribution >= 4 is 0 Å². The van der Waals surface area contributed by atoms with Crippen LogP contribution in [0.4, 0.5) is 0 Å². The molecule has 0 N–H and O–H groups in total. The normalized spacial score (nSPS) is 22.9. The summed E-state index contributed by atoms with van der Waals surface area (Å²) in [6.45, 7) is 10.7. The van der Waals surface area contributed by atoms with Crippen LogP contribution in [0.1, 0.15) is 53.9 Å². The molecule has 1 saturated heterocycles. The number of piperidine rings is 1. The van der Waals surface area contributed by atoms with Gasteiger partial charge in [0.05, 0.1) is 12.7 Å². The molecule has 1 aliphatic heterocycles. The Bertz CT molecular complexity index is 264. The zero-order chi connectivity index (χ0) is 13.2. The van der Waals surface area contributed by atoms with E-state index in [0.29, 0.717) is 6.10 Å². The Kier molecular flexibility index (Phi) is 10.9. The Morgan fingerprint density at radius 3 is 2.47 bits per heavy atom. The summed E-state index contributed by atoms with van der Waals surface area (Å²) in [6, 6.07) is 0. The smallest absolute Gasteiger partial charge is 0.0794 e. The van der Waals surface area contributed by atoms with E-state index in [4.69, 9.17) is 4.74 Å². The summed E-state index contributed by atoms with van der Waals surface area (Å²) >= 11 is 0. The Balaban J connectivity index is 0.00000103. The van der Waals surface area contributed by atoms with Crippen molar-refractivity contribution in [3.63, 3.8) is 0 Å². The largest absolute Gasteiger partial charge is 0.372 e. The molecular weight excluding hydrogens is 234 g/mol. The quantitative estimate of drug-likeness (QED) is 0.747. The number of rotatable bonds is 4. The van der Waals surface area contributed by atoms with Gasteiger partial charge in [0.2, 0.25) is 0 Å². The van der Waals surface area contributed by atoms with Crippen LogP contribution >= 0.6 is 0 Å². The van der Waals surface area contributed by atoms with Crippen molar-refractivity contribution in [3.8, 4) is 0 Å². The predicted molar refractivity (Wildman–Crippen MR) is 85.6 cm³/mol. The van der Waals surface area contributed by atoms with Crippen LogP contribution in [-0.4, -0.2) is 37.2 Å². The van der Waals surface area contributed by atoms with Gasteiger partial charge in [-0.1, -0.05) is 51.5 Å². The molecule has 0 aromatic carbocycles. The second-order valence-electron chi connectivity index (χ2n) is 4.85. The van der Waals surface area contributed by atoms with Crippen LogP contribution in [0.15, 0.2) is 23.8 Å². The third-order valence-electron chi connectivity index (χ3n) is 3.43. The van der Waals surface area contributed by atoms with E-state index in [0.717, 1.165) is 19.6 Å². The molecule has 2 nitrogen and oxygen atoms in total. The molecule has 2 rings (SSSR count). The molecule has 1 unspecified atom stereocenters. The van der Waals surface area contributed by atoms with E-state index < -0.39 is 0 Å². The Morgan fingerprint density at radius 2 is 1.89 bits per heavy atom. The molecule has 2 aliphatic rings. The maximum Gasteiger partial charge on any atom is 0.0794 e. The molecule has 0 saturated carbocycles. The van der Waals surface area contributed by atoms with Gasteiger partial charge in [0.25, 0.3) is 0 Å². The van der Waals surface area contributed by atoms with Crippen LogP contribution in [0.25, 0.3) is 0 Å². The van der Waals surface area contributed by atoms with Gasteiger partial charge in [0, 0.05) is 6.54 Å². The maximum atomic E-state index is 5.86. The van der Waals surface area contributed by atoms with Crippen LogP contribution in [0.3, 0.4) is 0 Å². The average Bonchev–Trinajstić information content (AvgIpc) is 2.44. The highest BCUT2D eigenvalue weighted by atomic mass is 16.5. The lowest BCUT2D eigenvalue weighted by molar-refractivity contribution is 0.0610. The SMILES string of the molecule is C.CC.CC1=CCC(OCCN2CCCCC2)C=C1. The Labute approximate surface area is 120 Å². The highest BCUT2D eigenvalue weighted by molar-refractivity contribution is 5.21. The fourth-order valence-electron chi connectivity index (χ4n) is 2.35. The highest BCUT2D eigenvalue weighted by Crippen LogP contribution is 2.13. The van der Waals surface area contributed by atoms with Crippen LogP contribution in [0, 0.1) is 0 Å². The molecule has 0 aromatic rings. The number of ether oxygens (including phenoxy) is 1. The van der Waals surface area contributed by atoms with Gasteiger partial charge in [-0.25, -0.2) is 0 Å². The van der Waals surface area contributed by atoms with Crippen LogP contribution in [0.2, 0.25) is 0 Å². The van der Waals surface area contributed by atoms with Gasteiger partial charge in [-0.2, -0.15) is 0 Å². The fourth-order valence-corrected chi connectivity index (χ4v) is 2.35. The molecule has 0 amide bonds. The number of allylic oxidation sites excluding steroid dienone is 2. The molecule has 1 heterocycles. The first kappa shape index (κ1) is 18.4. The molecule has 1 aliphatic carbocycles. The fraction of sp³-hybridized carbons (Fsp3) is 0.765. The molecule has 112 valence electrons. The second-order valence-corrected chi connectivity index (χ2v) is 4.85. The van der Waals surface area contributed by atoms with Gasteiger partial charge in [-0.05, 0) is 39.3 Å². The van der Waals surface area contributed by atoms with Crippen molar-refractivity contribution in [2.45, 2.75) is 60.0 Å². The minimum Gasteiger partial charge on any atom is -0.372 e. The van der Waals surface area contributed by atoms with E-state index in [-0.39, 0.29) is 7.43 Å². The Hall–Kier alpha value is -0.600. The van der Waals surface area contributed by atoms with Crippen molar-refractivity contribution in [1.82, 2.24) is 4.90 Å². The first-order chi connectivity index (χ1) is 8.84. The van der Waals surface area contributed by atoms with Gasteiger partial charge >= 0.3 is 0 Å². The molecule has 2 heteroatoms. The minimum absolute atomic E-state index is 0. The van der Waals surface area contributed by atoms with Gasteiger partial charge in [-0.15, -0.1) is 0 Å². The summed E-state index contributed by atoms with van der Waals surface area (Å²) in [4.78, 5) is 2.52. The third-order valence-corrected chi connectivity index (χ3v) is 3.43. The van der Waals surface area contributed by atoms with Gasteiger partial charge in [0.1, 0.15) is 0 Å². The van der Waals surface area contributed by atoms with Crippen molar-refractivity contribution < 1.29 is 4.74 Å². The number of hydrogen-bond donors (Lipinski definition) is 0. The standard InChI is InChI=1S/C14H23NO.C2H6.CH4/c1-13-5-7-14(8-6-13)16-12-11-15-9-3-2-4-10-15;1-2;/h5-7,14H,2-4,8-12H2,1H3;1-2H3;1H4. The first-order valence-electron chi connectivity index (χ1n) is 7.53. The highest BCUT2D eigenvalue weighted by Gasteiger charge is 2.11. The summed E-state index contributed by atoms with van der Waals surface area (Å²) in [5.74, 6) is 0. The van der Waals surface area contributed by atoms with E-state index in [2.05, 4.69) is 30.1 Å². The van der Waals surface area contributed by atoms with E-state index in [1.807, 2.05) is 13.8 Å². The minimum atomic E-state index is 0. The summed E-state index contributed by atoms with van der Waals surface area (Å²) < 4.78 is 5.86. The van der Waals surface area contributed by atoms with Crippen molar-refractivity contribution in [1.29, 1.82) is 0 Å². The topological polar surface area (TPSA) is 12.5 Å². The van der Waals surface area contributed by atoms with E-state index in [1.165, 1.54) is 37.9 Å². The molecule has 0 spiro atoms. The van der Waals surface area contributed by atoms with Crippen LogP contribution in [0.5, 0.6) is 0 Å². The second kappa shape index (κ2) is 11.2. The number of likely N-dealkylation sites (tertiary alicyclic amines) is 1. The monoisotopic (exact) mass is 267 g/mol. The molecule has 1 atom stereocenters. The van der Waals surface area contributed by atoms with Crippen LogP contribution < -0.4 is 0 Å². The molecule has 19 heavy (non-hydrogen) atoms. The molecule has 0 bridgehead atoms. The van der Waals surface area contributed by atoms with E-state index in [9.17, 15) is 0 Å². The van der Waals surface area contributed by atoms with E-state index in [1.54, 1.807) is 0 Å². The molecule has 0 aromatic heterocycles. The Morgan fingerprint density at radius 1 is 1.21 bits per heavy atom. The summed E-state index contributed by atoms with van der Waals surface area (Å²) in [6.07, 6.45) is 12.1. The molecule has 0 radical (unpaired) electrons. The maximum absolute atomic E-state index is 5.86. The van der Waals surface area contributed by atoms with Gasteiger partial charge in [0.15, 0.2) is 0 Å². The van der Waals surface area contributed by atoms with Crippen molar-refractivity contribution in [3.05, 3.63) is 23.8 Å². The molecular formula is C17H33NO. The summed E-state index contributed by atoms with van der Waals surface area (Å²) in [5, 5.41) is 0. The van der Waals surface area contributed by atoms with Gasteiger partial charge in [-0.3, -0.25) is 0 Å². The first-order valence-corrected chi connectivity index (χ1v) is 7.53. The number of nitrogens with zero attached hydrogens (tertiary/aromatic N) is 1. The third kappa shape index (κ3) is 7.54. The van der Waals surface area contributed by atoms with Crippen molar-refractivity contribution in [2.24, 2.45) is 0 Å². The summed E-state index contributed by atoms with van der Waals surface area (Å²) in [5.41, 5.74) is 1.36. The number of hydrogen-bond acceptors (Lipinski definition) is 2. The zero-order valence-corrected chi connectivity index (χ0v) is 12.3. The lowest BCUT2D eigenvalue weighted by atomic mass is 10.1. The van der Waals surface area contributed by atoms with Gasteiger partial charge < -0.3 is 9.64 Å². The van der Waals surface area contributed by atoms with Crippen LogP contribution in [-0.2, 0) is 4.74 Å². The van der Waals surface area contributed by atoms with E-state index >= 15 is 0 Å². The lowest BCUT2D eigenvalue weighted by Gasteiger charge is -2.27. The lowest BCUT2D eigenvalue weighted by Crippen LogP contribution is -2.33. The molecule has 1 fully saturated rings. The predicted octanol–water partition coefficient (Wildman–Crippen LogP) is 4.43. The average molecular weight is 267 g/mol. The summed E-state index contributed by atoms with van der Waals surface area (Å²) in [7, 11) is 0. The van der Waals surface area contributed by atoms with Crippen molar-refractivity contribution in [2.75, 3.05) is 26.2 Å². The zero-order valence-electron chi connectivity index (χ0n) is 12.3.